The smallest absolute Gasteiger partial charge is 0.0953 e. The lowest BCUT2D eigenvalue weighted by Crippen LogP contribution is -2.31. The third kappa shape index (κ3) is 4.19. The highest BCUT2D eigenvalue weighted by Crippen LogP contribution is 2.26. The highest BCUT2D eigenvalue weighted by molar-refractivity contribution is 6.30. The lowest BCUT2D eigenvalue weighted by Gasteiger charge is -2.28. The van der Waals surface area contributed by atoms with Crippen LogP contribution in [0.2, 0.25) is 5.02 Å². The van der Waals surface area contributed by atoms with Gasteiger partial charge in [0.2, 0.25) is 0 Å². The fourth-order valence-corrected chi connectivity index (χ4v) is 2.65. The van der Waals surface area contributed by atoms with Crippen molar-refractivity contribution in [2.24, 2.45) is 0 Å². The second kappa shape index (κ2) is 6.90. The van der Waals surface area contributed by atoms with Gasteiger partial charge in [-0.25, -0.2) is 0 Å². The third-order valence-electron chi connectivity index (χ3n) is 3.94. The van der Waals surface area contributed by atoms with Gasteiger partial charge < -0.3 is 14.8 Å². The van der Waals surface area contributed by atoms with Gasteiger partial charge in [-0.1, -0.05) is 23.7 Å². The first kappa shape index (κ1) is 14.3. The summed E-state index contributed by atoms with van der Waals surface area (Å²) in [7, 11) is 0. The Morgan fingerprint density at radius 3 is 2.50 bits per heavy atom. The summed E-state index contributed by atoms with van der Waals surface area (Å²) >= 11 is 5.97. The molecule has 1 saturated heterocycles. The van der Waals surface area contributed by atoms with Crippen LogP contribution in [-0.4, -0.2) is 31.9 Å². The van der Waals surface area contributed by atoms with Crippen molar-refractivity contribution in [2.75, 3.05) is 19.8 Å². The van der Waals surface area contributed by atoms with E-state index in [1.54, 1.807) is 0 Å². The minimum Gasteiger partial charge on any atom is -0.381 e. The maximum absolute atomic E-state index is 6.31. The number of benzene rings is 1. The van der Waals surface area contributed by atoms with E-state index < -0.39 is 0 Å². The van der Waals surface area contributed by atoms with Gasteiger partial charge in [0.25, 0.3) is 0 Å². The molecule has 0 amide bonds. The number of ether oxygens (including phenoxy) is 2. The van der Waals surface area contributed by atoms with E-state index in [1.807, 2.05) is 12.1 Å². The molecular weight excluding hydrogens is 274 g/mol. The van der Waals surface area contributed by atoms with Crippen molar-refractivity contribution < 1.29 is 9.47 Å². The number of hydrogen-bond acceptors (Lipinski definition) is 3. The molecule has 0 radical (unpaired) electrons. The predicted molar refractivity (Wildman–Crippen MR) is 80.1 cm³/mol. The van der Waals surface area contributed by atoms with Crippen molar-refractivity contribution in [2.45, 2.75) is 43.9 Å². The van der Waals surface area contributed by atoms with Gasteiger partial charge in [-0.2, -0.15) is 0 Å². The van der Waals surface area contributed by atoms with E-state index in [4.69, 9.17) is 21.1 Å². The summed E-state index contributed by atoms with van der Waals surface area (Å²) < 4.78 is 11.7. The average molecular weight is 296 g/mol. The van der Waals surface area contributed by atoms with Crippen molar-refractivity contribution in [3.8, 4) is 0 Å². The molecule has 1 aliphatic carbocycles. The summed E-state index contributed by atoms with van der Waals surface area (Å²) in [6.45, 7) is 2.51. The SMILES string of the molecule is Clc1ccc(C(CNC2CC2)OC2CCOCC2)cc1. The molecule has 1 saturated carbocycles. The van der Waals surface area contributed by atoms with E-state index >= 15 is 0 Å². The van der Waals surface area contributed by atoms with Crippen LogP contribution in [-0.2, 0) is 9.47 Å². The summed E-state index contributed by atoms with van der Waals surface area (Å²) in [5, 5.41) is 4.34. The van der Waals surface area contributed by atoms with Crippen LogP contribution in [0, 0.1) is 0 Å². The second-order valence-corrected chi connectivity index (χ2v) is 6.11. The summed E-state index contributed by atoms with van der Waals surface area (Å²) in [5.74, 6) is 0. The monoisotopic (exact) mass is 295 g/mol. The highest BCUT2D eigenvalue weighted by atomic mass is 35.5. The number of nitrogens with one attached hydrogen (secondary N) is 1. The molecule has 3 nitrogen and oxygen atoms in total. The number of halogens is 1. The van der Waals surface area contributed by atoms with E-state index in [1.165, 1.54) is 18.4 Å². The summed E-state index contributed by atoms with van der Waals surface area (Å²) in [6, 6.07) is 8.72. The number of rotatable bonds is 6. The van der Waals surface area contributed by atoms with Crippen molar-refractivity contribution in [1.29, 1.82) is 0 Å². The molecule has 1 aromatic rings. The van der Waals surface area contributed by atoms with E-state index in [0.717, 1.165) is 37.6 Å². The fourth-order valence-electron chi connectivity index (χ4n) is 2.53. The first-order valence-electron chi connectivity index (χ1n) is 7.53. The van der Waals surface area contributed by atoms with Crippen LogP contribution in [0.3, 0.4) is 0 Å². The molecule has 1 aliphatic heterocycles. The molecule has 0 aromatic heterocycles. The Labute approximate surface area is 125 Å². The zero-order valence-electron chi connectivity index (χ0n) is 11.7. The Balaban J connectivity index is 1.63. The minimum atomic E-state index is 0.107. The molecule has 2 aliphatic rings. The highest BCUT2D eigenvalue weighted by Gasteiger charge is 2.25. The molecule has 20 heavy (non-hydrogen) atoms. The van der Waals surface area contributed by atoms with Crippen molar-refractivity contribution in [1.82, 2.24) is 5.32 Å². The summed E-state index contributed by atoms with van der Waals surface area (Å²) in [5.41, 5.74) is 1.20. The van der Waals surface area contributed by atoms with Gasteiger partial charge in [-0.3, -0.25) is 0 Å². The predicted octanol–water partition coefficient (Wildman–Crippen LogP) is 3.33. The fraction of sp³-hybridized carbons (Fsp3) is 0.625. The normalized spacial score (nSPS) is 21.9. The third-order valence-corrected chi connectivity index (χ3v) is 4.19. The van der Waals surface area contributed by atoms with Crippen LogP contribution in [0.1, 0.15) is 37.4 Å². The maximum atomic E-state index is 6.31. The van der Waals surface area contributed by atoms with Gasteiger partial charge in [0, 0.05) is 30.8 Å². The van der Waals surface area contributed by atoms with Gasteiger partial charge >= 0.3 is 0 Å². The van der Waals surface area contributed by atoms with E-state index in [-0.39, 0.29) is 6.10 Å². The van der Waals surface area contributed by atoms with Crippen molar-refractivity contribution in [3.05, 3.63) is 34.9 Å². The van der Waals surface area contributed by atoms with Crippen LogP contribution < -0.4 is 5.32 Å². The molecule has 1 heterocycles. The summed E-state index contributed by atoms with van der Waals surface area (Å²) in [4.78, 5) is 0. The molecular formula is C16H22ClNO2. The zero-order valence-corrected chi connectivity index (χ0v) is 12.4. The quantitative estimate of drug-likeness (QED) is 0.873. The molecule has 2 fully saturated rings. The van der Waals surface area contributed by atoms with Gasteiger partial charge in [0.1, 0.15) is 0 Å². The Kier molecular flexibility index (Phi) is 4.94. The van der Waals surface area contributed by atoms with Gasteiger partial charge in [0.15, 0.2) is 0 Å². The number of hydrogen-bond donors (Lipinski definition) is 1. The Morgan fingerprint density at radius 1 is 1.15 bits per heavy atom. The molecule has 110 valence electrons. The minimum absolute atomic E-state index is 0.107. The average Bonchev–Trinajstić information content (AvgIpc) is 3.30. The van der Waals surface area contributed by atoms with Gasteiger partial charge in [-0.15, -0.1) is 0 Å². The maximum Gasteiger partial charge on any atom is 0.0953 e. The molecule has 1 N–H and O–H groups in total. The molecule has 0 spiro atoms. The summed E-state index contributed by atoms with van der Waals surface area (Å²) in [6.07, 6.45) is 5.00. The van der Waals surface area contributed by atoms with Crippen LogP contribution in [0.4, 0.5) is 0 Å². The standard InChI is InChI=1S/C16H22ClNO2/c17-13-3-1-12(2-4-13)16(11-18-14-5-6-14)20-15-7-9-19-10-8-15/h1-4,14-16,18H,5-11H2. The van der Waals surface area contributed by atoms with Crippen molar-refractivity contribution >= 4 is 11.6 Å². The van der Waals surface area contributed by atoms with Gasteiger partial charge in [0.05, 0.1) is 12.2 Å². The Morgan fingerprint density at radius 2 is 1.85 bits per heavy atom. The molecule has 1 atom stereocenters. The lowest BCUT2D eigenvalue weighted by atomic mass is 10.1. The second-order valence-electron chi connectivity index (χ2n) is 5.67. The van der Waals surface area contributed by atoms with Crippen molar-refractivity contribution in [3.63, 3.8) is 0 Å². The van der Waals surface area contributed by atoms with E-state index in [0.29, 0.717) is 12.1 Å². The van der Waals surface area contributed by atoms with Crippen LogP contribution >= 0.6 is 11.6 Å². The van der Waals surface area contributed by atoms with Gasteiger partial charge in [-0.05, 0) is 43.4 Å². The first-order chi connectivity index (χ1) is 9.81. The first-order valence-corrected chi connectivity index (χ1v) is 7.91. The molecule has 4 heteroatoms. The van der Waals surface area contributed by atoms with Crippen LogP contribution in [0.25, 0.3) is 0 Å². The molecule has 1 aromatic carbocycles. The largest absolute Gasteiger partial charge is 0.381 e. The molecule has 3 rings (SSSR count). The van der Waals surface area contributed by atoms with Crippen LogP contribution in [0.5, 0.6) is 0 Å². The zero-order chi connectivity index (χ0) is 13.8. The Bertz CT molecular complexity index is 413. The van der Waals surface area contributed by atoms with E-state index in [9.17, 15) is 0 Å². The Hall–Kier alpha value is -0.610. The lowest BCUT2D eigenvalue weighted by molar-refractivity contribution is -0.0690. The molecule has 0 bridgehead atoms. The molecule has 1 unspecified atom stereocenters. The van der Waals surface area contributed by atoms with E-state index in [2.05, 4.69) is 17.4 Å². The van der Waals surface area contributed by atoms with Crippen LogP contribution in [0.15, 0.2) is 24.3 Å². The topological polar surface area (TPSA) is 30.5 Å².